The Balaban J connectivity index is 0.00000318. The largest absolute Gasteiger partial charge is 1.00 e. The van der Waals surface area contributed by atoms with Gasteiger partial charge in [0.1, 0.15) is 12.3 Å². The number of Topliss-reactive ketones (excluding diaryl/α,β-unsaturated/α-hetero) is 1. The van der Waals surface area contributed by atoms with Gasteiger partial charge in [0.2, 0.25) is 5.91 Å². The molecular weight excluding hydrogens is 1330 g/mol. The van der Waals surface area contributed by atoms with E-state index < -0.39 is 93.8 Å². The number of nitrogens with zero attached hydrogens (tertiary/aromatic N) is 2. The molecule has 0 spiro atoms. The van der Waals surface area contributed by atoms with Crippen LogP contribution in [0, 0.1) is 18.1 Å². The standard InChI is InChI=1S/C57H66N3O14S4.4Na.2O3S/c1-38(2)55(62)58-32-12-19-42(61)18-8-7-15-39-16-9-17-41(37-39)40(24-30-51-56(3,4)53-45-20-10-22-49(77(69,70)71)43(45)26-28-47(53)59(51)33-13-35-75(63,64)65)25-31-52-57(5,6)54-46-21-11-23-50(78(72,73)74)44(46)27-29-48(54)60(52)34-14-36-76(66,67)68;;;;;2*1-4(2)3/h9,16-17,20-31,37-38H,7-8,12-15,18-19,32-36H2,1-6H3,(H,58,62)(H,63,64,65)(H,66,67,68)(H,69,70,71)(H,72,73,74);;;;;;/q-1;4*+1;;/p-3. The molecule has 7 rings (SSSR count). The minimum absolute atomic E-state index is 0. The third-order valence-corrected chi connectivity index (χ3v) is 17.7. The predicted octanol–water partition coefficient (Wildman–Crippen LogP) is -5.85. The number of unbranched alkanes of at least 4 members (excludes halogenated alkanes) is 1. The third-order valence-electron chi connectivity index (χ3n) is 14.4. The van der Waals surface area contributed by atoms with E-state index in [1.165, 1.54) is 12.1 Å². The Labute approximate surface area is 617 Å². The fourth-order valence-corrected chi connectivity index (χ4v) is 13.0. The molecular formula is C57H63N3Na4O20S6. The van der Waals surface area contributed by atoms with Crippen molar-refractivity contribution in [3.8, 4) is 0 Å². The molecule has 0 aromatic heterocycles. The number of carbonyl (C=O) groups is 2. The number of benzene rings is 5. The summed E-state index contributed by atoms with van der Waals surface area (Å²) in [5.74, 6) is -1.30. The van der Waals surface area contributed by atoms with Gasteiger partial charge in [-0.2, -0.15) is 49.4 Å². The molecule has 1 amide bonds. The third kappa shape index (κ3) is 23.9. The molecule has 0 aliphatic carbocycles. The molecule has 2 aliphatic rings. The van der Waals surface area contributed by atoms with Crippen LogP contribution in [0.3, 0.4) is 0 Å². The van der Waals surface area contributed by atoms with Crippen LogP contribution in [-0.4, -0.2) is 130 Å². The fraction of sp³-hybridized carbons (Fsp3) is 0.386. The van der Waals surface area contributed by atoms with E-state index in [9.17, 15) is 61.5 Å². The van der Waals surface area contributed by atoms with Crippen LogP contribution < -0.4 is 128 Å². The van der Waals surface area contributed by atoms with Crippen LogP contribution >= 0.6 is 0 Å². The summed E-state index contributed by atoms with van der Waals surface area (Å²) >= 11 is 0. The molecule has 23 nitrogen and oxygen atoms in total. The van der Waals surface area contributed by atoms with Crippen LogP contribution in [0.2, 0.25) is 0 Å². The van der Waals surface area contributed by atoms with E-state index in [1.54, 1.807) is 38.1 Å². The summed E-state index contributed by atoms with van der Waals surface area (Å²) in [5.41, 5.74) is 4.26. The van der Waals surface area contributed by atoms with Crippen molar-refractivity contribution < 1.29 is 210 Å². The Hall–Kier alpha value is -2.67. The summed E-state index contributed by atoms with van der Waals surface area (Å²) in [5, 5.41) is 4.09. The first-order valence-electron chi connectivity index (χ1n) is 26.6. The van der Waals surface area contributed by atoms with Crippen molar-refractivity contribution in [2.45, 2.75) is 114 Å². The van der Waals surface area contributed by atoms with Crippen LogP contribution in [-0.2, 0) is 88.5 Å². The zero-order chi connectivity index (χ0) is 64.3. The zero-order valence-corrected chi connectivity index (χ0v) is 64.5. The number of allylic oxidation sites excluding steroid dienone is 6. The monoisotopic (exact) mass is 1390 g/mol. The molecule has 0 saturated heterocycles. The number of anilines is 1. The average Bonchev–Trinajstić information content (AvgIpc) is 2.22. The van der Waals surface area contributed by atoms with Crippen LogP contribution in [0.15, 0.2) is 113 Å². The van der Waals surface area contributed by atoms with Gasteiger partial charge in [-0.1, -0.05) is 75.7 Å². The molecule has 5 aromatic rings. The minimum atomic E-state index is -4.93. The van der Waals surface area contributed by atoms with Gasteiger partial charge >= 0.3 is 139 Å². The fourth-order valence-electron chi connectivity index (χ4n) is 10.7. The first kappa shape index (κ1) is 85.3. The number of amides is 1. The van der Waals surface area contributed by atoms with Gasteiger partial charge in [-0.05, 0) is 96.2 Å². The average molecular weight is 1390 g/mol. The SMILES string of the molecule is CC(C)C(=O)NCCCC(=O)CCCCc1cccc(C(=C\C=C2/N(CCCS(=O)(=O)O)c3ccc4c(S(=O)(=O)[O-])c[c-]cc4c3C2(C)C)/C=C/C2=[N+](CCCS(=O)(=O)[O-])c3ccc4c(S(=O)(=O)[O-])c[c-]cc4c3C2(C)C)c1.O=S(=O)=O.O=S(=O)=O.[Na+].[Na+].[Na+].[Na+]. The van der Waals surface area contributed by atoms with Crippen LogP contribution in [0.5, 0.6) is 0 Å². The molecule has 90 heavy (non-hydrogen) atoms. The first-order valence-corrected chi connectivity index (χ1v) is 34.6. The van der Waals surface area contributed by atoms with Crippen molar-refractivity contribution in [3.63, 3.8) is 0 Å². The Morgan fingerprint density at radius 3 is 1.77 bits per heavy atom. The number of carbonyl (C=O) groups excluding carboxylic acids is 2. The number of fused-ring (bicyclic) bond motifs is 6. The van der Waals surface area contributed by atoms with E-state index in [0.717, 1.165) is 23.3 Å². The molecule has 0 atom stereocenters. The van der Waals surface area contributed by atoms with Gasteiger partial charge in [0, 0.05) is 73.0 Å². The summed E-state index contributed by atoms with van der Waals surface area (Å²) in [7, 11) is -25.1. The van der Waals surface area contributed by atoms with Crippen LogP contribution in [0.25, 0.3) is 27.1 Å². The van der Waals surface area contributed by atoms with Gasteiger partial charge in [-0.25, -0.2) is 8.42 Å². The van der Waals surface area contributed by atoms with Gasteiger partial charge in [0.25, 0.3) is 10.1 Å². The summed E-state index contributed by atoms with van der Waals surface area (Å²) in [6.07, 6.45) is 10.7. The van der Waals surface area contributed by atoms with Crippen molar-refractivity contribution in [1.29, 1.82) is 0 Å². The van der Waals surface area contributed by atoms with E-state index in [1.807, 2.05) is 85.7 Å². The van der Waals surface area contributed by atoms with Crippen molar-refractivity contribution >= 4 is 118 Å². The summed E-state index contributed by atoms with van der Waals surface area (Å²) in [4.78, 5) is 25.7. The van der Waals surface area contributed by atoms with Crippen LogP contribution in [0.1, 0.15) is 109 Å². The molecule has 0 radical (unpaired) electrons. The van der Waals surface area contributed by atoms with Gasteiger partial charge in [-0.15, -0.1) is 46.8 Å². The summed E-state index contributed by atoms with van der Waals surface area (Å²) < 4.78 is 197. The van der Waals surface area contributed by atoms with E-state index >= 15 is 0 Å². The van der Waals surface area contributed by atoms with E-state index in [-0.39, 0.29) is 173 Å². The second kappa shape index (κ2) is 36.4. The zero-order valence-electron chi connectivity index (χ0n) is 51.6. The van der Waals surface area contributed by atoms with Gasteiger partial charge in [-0.3, -0.25) is 31.0 Å². The van der Waals surface area contributed by atoms with E-state index in [4.69, 9.17) is 25.3 Å². The van der Waals surface area contributed by atoms with Gasteiger partial charge < -0.3 is 23.9 Å². The maximum Gasteiger partial charge on any atom is 1.00 e. The number of ketones is 1. The number of rotatable bonds is 24. The molecule has 0 unspecified atom stereocenters. The normalized spacial score (nSPS) is 14.6. The number of nitrogens with one attached hydrogen (secondary N) is 1. The molecule has 0 saturated carbocycles. The van der Waals surface area contributed by atoms with E-state index in [0.29, 0.717) is 95.3 Å². The number of hydrogen-bond donors (Lipinski definition) is 2. The van der Waals surface area contributed by atoms with Crippen molar-refractivity contribution in [2.24, 2.45) is 5.92 Å². The van der Waals surface area contributed by atoms with E-state index in [2.05, 4.69) is 17.4 Å². The molecule has 0 bridgehead atoms. The smallest absolute Gasteiger partial charge is 0.754 e. The quantitative estimate of drug-likeness (QED) is 0.0145. The topological polar surface area (TPSA) is 381 Å². The van der Waals surface area contributed by atoms with Crippen molar-refractivity contribution in [3.05, 3.63) is 137 Å². The summed E-state index contributed by atoms with van der Waals surface area (Å²) in [6.45, 7) is 11.8. The Bertz CT molecular complexity index is 4270. The second-order valence-electron chi connectivity index (χ2n) is 21.5. The Morgan fingerprint density at radius 1 is 0.689 bits per heavy atom. The van der Waals surface area contributed by atoms with Gasteiger partial charge in [0.15, 0.2) is 11.4 Å². The molecule has 33 heteroatoms. The van der Waals surface area contributed by atoms with Crippen molar-refractivity contribution in [2.75, 3.05) is 36.0 Å². The molecule has 466 valence electrons. The van der Waals surface area contributed by atoms with Crippen molar-refractivity contribution in [1.82, 2.24) is 5.32 Å². The minimum Gasteiger partial charge on any atom is -0.754 e. The number of hydrogen-bond acceptors (Lipinski definition) is 20. The second-order valence-corrected chi connectivity index (χ2v) is 28.1. The molecule has 0 fully saturated rings. The maximum absolute atomic E-state index is 12.8. The predicted molar refractivity (Wildman–Crippen MR) is 316 cm³/mol. The Kier molecular flexibility index (Phi) is 34.6. The molecule has 2 aliphatic heterocycles. The Morgan fingerprint density at radius 2 is 1.23 bits per heavy atom. The summed E-state index contributed by atoms with van der Waals surface area (Å²) in [6, 6.07) is 25.3. The molecule has 2 heterocycles. The van der Waals surface area contributed by atoms with Crippen LogP contribution in [0.4, 0.5) is 11.4 Å². The molecule has 5 aromatic carbocycles. The number of aryl methyl sites for hydroxylation is 1. The van der Waals surface area contributed by atoms with Gasteiger partial charge in [0.05, 0.1) is 41.5 Å². The molecule has 2 N–H and O–H groups in total. The first-order chi connectivity index (χ1) is 39.9. The maximum atomic E-state index is 12.8.